The van der Waals surface area contributed by atoms with E-state index in [-0.39, 0.29) is 11.7 Å². The third-order valence-corrected chi connectivity index (χ3v) is 3.18. The molecule has 1 aromatic rings. The van der Waals surface area contributed by atoms with Crippen molar-refractivity contribution in [2.45, 2.75) is 39.7 Å². The highest BCUT2D eigenvalue weighted by Crippen LogP contribution is 2.19. The van der Waals surface area contributed by atoms with E-state index in [4.69, 9.17) is 5.73 Å². The Hall–Kier alpha value is -1.55. The molecule has 1 atom stereocenters. The summed E-state index contributed by atoms with van der Waals surface area (Å²) >= 11 is 0. The van der Waals surface area contributed by atoms with Crippen molar-refractivity contribution in [2.24, 2.45) is 11.7 Å². The molecule has 4 N–H and O–H groups in total. The van der Waals surface area contributed by atoms with Gasteiger partial charge in [0.1, 0.15) is 5.75 Å². The van der Waals surface area contributed by atoms with E-state index in [0.717, 1.165) is 6.42 Å². The van der Waals surface area contributed by atoms with E-state index in [1.54, 1.807) is 19.1 Å². The Morgan fingerprint density at radius 2 is 2.11 bits per heavy atom. The summed E-state index contributed by atoms with van der Waals surface area (Å²) in [7, 11) is 0. The lowest BCUT2D eigenvalue weighted by Gasteiger charge is -2.31. The zero-order valence-corrected chi connectivity index (χ0v) is 12.2. The number of nitrogens with one attached hydrogen (secondary N) is 1. The molecular weight excluding hydrogens is 240 g/mol. The smallest absolute Gasteiger partial charge is 0.251 e. The molecule has 1 rings (SSSR count). The van der Waals surface area contributed by atoms with Crippen LogP contribution >= 0.6 is 0 Å². The van der Waals surface area contributed by atoms with Crippen LogP contribution in [0.15, 0.2) is 18.2 Å². The lowest BCUT2D eigenvalue weighted by Crippen LogP contribution is -2.52. The molecule has 0 radical (unpaired) electrons. The normalized spacial score (nSPS) is 14.2. The minimum atomic E-state index is -0.406. The monoisotopic (exact) mass is 264 g/mol. The standard InChI is InChI=1S/C15H24N2O2/c1-10(2)8-15(4,9-16)17-14(19)12-5-6-13(18)11(3)7-12/h5-7,10,18H,8-9,16H2,1-4H3,(H,17,19). The SMILES string of the molecule is Cc1cc(C(=O)NC(C)(CN)CC(C)C)ccc1O. The number of nitrogens with two attached hydrogens (primary N) is 1. The maximum Gasteiger partial charge on any atom is 0.251 e. The van der Waals surface area contributed by atoms with Crippen LogP contribution in [0, 0.1) is 12.8 Å². The van der Waals surface area contributed by atoms with Crippen molar-refractivity contribution in [1.29, 1.82) is 0 Å². The van der Waals surface area contributed by atoms with Gasteiger partial charge in [0.2, 0.25) is 0 Å². The molecule has 106 valence electrons. The van der Waals surface area contributed by atoms with E-state index < -0.39 is 5.54 Å². The Balaban J connectivity index is 2.85. The van der Waals surface area contributed by atoms with Gasteiger partial charge in [-0.3, -0.25) is 4.79 Å². The van der Waals surface area contributed by atoms with Gasteiger partial charge in [0.15, 0.2) is 0 Å². The molecule has 0 saturated carbocycles. The van der Waals surface area contributed by atoms with Crippen molar-refractivity contribution in [3.8, 4) is 5.75 Å². The molecular formula is C15H24N2O2. The van der Waals surface area contributed by atoms with E-state index in [9.17, 15) is 9.90 Å². The zero-order valence-electron chi connectivity index (χ0n) is 12.2. The maximum atomic E-state index is 12.2. The first-order valence-electron chi connectivity index (χ1n) is 6.59. The van der Waals surface area contributed by atoms with Gasteiger partial charge in [-0.15, -0.1) is 0 Å². The quantitative estimate of drug-likeness (QED) is 0.763. The number of rotatable bonds is 5. The van der Waals surface area contributed by atoms with E-state index in [1.165, 1.54) is 6.07 Å². The Bertz CT molecular complexity index is 457. The largest absolute Gasteiger partial charge is 0.508 e. The van der Waals surface area contributed by atoms with Crippen LogP contribution in [0.2, 0.25) is 0 Å². The van der Waals surface area contributed by atoms with Crippen LogP contribution in [0.3, 0.4) is 0 Å². The number of amides is 1. The average molecular weight is 264 g/mol. The Morgan fingerprint density at radius 3 is 2.58 bits per heavy atom. The second kappa shape index (κ2) is 6.06. The molecule has 19 heavy (non-hydrogen) atoms. The molecule has 4 heteroatoms. The summed E-state index contributed by atoms with van der Waals surface area (Å²) in [6.45, 7) is 8.32. The van der Waals surface area contributed by atoms with Gasteiger partial charge in [-0.05, 0) is 49.9 Å². The van der Waals surface area contributed by atoms with Crippen molar-refractivity contribution >= 4 is 5.91 Å². The van der Waals surface area contributed by atoms with Crippen LogP contribution in [-0.2, 0) is 0 Å². The van der Waals surface area contributed by atoms with Crippen LogP contribution in [0.25, 0.3) is 0 Å². The first-order chi connectivity index (χ1) is 8.77. The van der Waals surface area contributed by atoms with Gasteiger partial charge in [-0.1, -0.05) is 13.8 Å². The van der Waals surface area contributed by atoms with Gasteiger partial charge in [0.05, 0.1) is 0 Å². The predicted molar refractivity (Wildman–Crippen MR) is 77.2 cm³/mol. The van der Waals surface area contributed by atoms with Crippen molar-refractivity contribution in [3.05, 3.63) is 29.3 Å². The summed E-state index contributed by atoms with van der Waals surface area (Å²) in [6.07, 6.45) is 0.826. The summed E-state index contributed by atoms with van der Waals surface area (Å²) in [4.78, 5) is 12.2. The fourth-order valence-corrected chi connectivity index (χ4v) is 2.23. The molecule has 1 aromatic carbocycles. The molecule has 0 aliphatic heterocycles. The lowest BCUT2D eigenvalue weighted by molar-refractivity contribution is 0.0898. The molecule has 0 heterocycles. The molecule has 0 fully saturated rings. The zero-order chi connectivity index (χ0) is 14.6. The summed E-state index contributed by atoms with van der Waals surface area (Å²) in [5.74, 6) is 0.493. The minimum Gasteiger partial charge on any atom is -0.508 e. The highest BCUT2D eigenvalue weighted by atomic mass is 16.3. The Labute approximate surface area is 115 Å². The molecule has 1 amide bonds. The highest BCUT2D eigenvalue weighted by Gasteiger charge is 2.26. The molecule has 0 aromatic heterocycles. The van der Waals surface area contributed by atoms with Crippen LogP contribution in [0.1, 0.15) is 43.1 Å². The van der Waals surface area contributed by atoms with Gasteiger partial charge in [0, 0.05) is 17.6 Å². The third-order valence-electron chi connectivity index (χ3n) is 3.18. The Morgan fingerprint density at radius 1 is 1.47 bits per heavy atom. The number of carbonyl (C=O) groups is 1. The number of hydrogen-bond donors (Lipinski definition) is 3. The summed E-state index contributed by atoms with van der Waals surface area (Å²) < 4.78 is 0. The van der Waals surface area contributed by atoms with Crippen LogP contribution in [-0.4, -0.2) is 23.1 Å². The second-order valence-electron chi connectivity index (χ2n) is 5.82. The number of phenolic OH excluding ortho intramolecular Hbond substituents is 1. The first-order valence-corrected chi connectivity index (χ1v) is 6.59. The van der Waals surface area contributed by atoms with Crippen molar-refractivity contribution in [1.82, 2.24) is 5.32 Å². The van der Waals surface area contributed by atoms with Gasteiger partial charge in [-0.2, -0.15) is 0 Å². The third kappa shape index (κ3) is 4.24. The van der Waals surface area contributed by atoms with Crippen LogP contribution in [0.4, 0.5) is 0 Å². The van der Waals surface area contributed by atoms with Gasteiger partial charge < -0.3 is 16.2 Å². The van der Waals surface area contributed by atoms with Crippen LogP contribution < -0.4 is 11.1 Å². The number of aromatic hydroxyl groups is 1. The van der Waals surface area contributed by atoms with Gasteiger partial charge in [-0.25, -0.2) is 0 Å². The van der Waals surface area contributed by atoms with Crippen molar-refractivity contribution in [3.63, 3.8) is 0 Å². The van der Waals surface area contributed by atoms with Gasteiger partial charge >= 0.3 is 0 Å². The maximum absolute atomic E-state index is 12.2. The molecule has 0 saturated heterocycles. The first kappa shape index (κ1) is 15.5. The highest BCUT2D eigenvalue weighted by molar-refractivity contribution is 5.95. The number of carbonyl (C=O) groups excluding carboxylic acids is 1. The van der Waals surface area contributed by atoms with Crippen molar-refractivity contribution in [2.75, 3.05) is 6.54 Å². The molecule has 4 nitrogen and oxygen atoms in total. The Kier molecular flexibility index (Phi) is 4.95. The number of phenols is 1. The fraction of sp³-hybridized carbons (Fsp3) is 0.533. The number of hydrogen-bond acceptors (Lipinski definition) is 3. The molecule has 0 aliphatic carbocycles. The summed E-state index contributed by atoms with van der Waals surface area (Å²) in [5, 5.41) is 12.5. The molecule has 0 spiro atoms. The topological polar surface area (TPSA) is 75.4 Å². The van der Waals surface area contributed by atoms with Gasteiger partial charge in [0.25, 0.3) is 5.91 Å². The average Bonchev–Trinajstić information content (AvgIpc) is 2.31. The summed E-state index contributed by atoms with van der Waals surface area (Å²) in [6, 6.07) is 4.83. The lowest BCUT2D eigenvalue weighted by atomic mass is 9.90. The number of aryl methyl sites for hydroxylation is 1. The van der Waals surface area contributed by atoms with Crippen LogP contribution in [0.5, 0.6) is 5.75 Å². The van der Waals surface area contributed by atoms with E-state index in [1.807, 2.05) is 6.92 Å². The van der Waals surface area contributed by atoms with E-state index in [2.05, 4.69) is 19.2 Å². The molecule has 1 unspecified atom stereocenters. The van der Waals surface area contributed by atoms with E-state index >= 15 is 0 Å². The van der Waals surface area contributed by atoms with E-state index in [0.29, 0.717) is 23.6 Å². The molecule has 0 aliphatic rings. The molecule has 0 bridgehead atoms. The summed E-state index contributed by atoms with van der Waals surface area (Å²) in [5.41, 5.74) is 6.60. The second-order valence-corrected chi connectivity index (χ2v) is 5.82. The number of benzene rings is 1. The van der Waals surface area contributed by atoms with Crippen molar-refractivity contribution < 1.29 is 9.90 Å². The minimum absolute atomic E-state index is 0.156. The fourth-order valence-electron chi connectivity index (χ4n) is 2.23. The predicted octanol–water partition coefficient (Wildman–Crippen LogP) is 2.19.